The van der Waals surface area contributed by atoms with Gasteiger partial charge in [0.25, 0.3) is 21.9 Å². The summed E-state index contributed by atoms with van der Waals surface area (Å²) in [5.41, 5.74) is 0.512. The molecule has 0 radical (unpaired) electrons. The lowest BCUT2D eigenvalue weighted by Gasteiger charge is -2.45. The summed E-state index contributed by atoms with van der Waals surface area (Å²) in [5, 5.41) is 31.0. The second-order valence-electron chi connectivity index (χ2n) is 33.6. The number of halogens is 1. The molecule has 0 amide bonds. The van der Waals surface area contributed by atoms with E-state index in [-0.39, 0.29) is 137 Å². The van der Waals surface area contributed by atoms with E-state index in [1.165, 1.54) is 20.7 Å². The monoisotopic (exact) mass is 1760 g/mol. The number of Topliss-reactive ketones (excluding diaryl/α,β-unsaturated/α-hetero) is 1. The van der Waals surface area contributed by atoms with Crippen LogP contribution in [0.4, 0.5) is 0 Å². The van der Waals surface area contributed by atoms with Gasteiger partial charge in [-0.05, 0) is 112 Å². The van der Waals surface area contributed by atoms with Gasteiger partial charge in [-0.1, -0.05) is 243 Å². The molecule has 0 saturated carbocycles. The molecule has 8 saturated heterocycles. The number of hydrogen-bond donors (Lipinski definition) is 3. The number of esters is 9. The van der Waals surface area contributed by atoms with Crippen LogP contribution >= 0.6 is 11.6 Å². The van der Waals surface area contributed by atoms with Crippen molar-refractivity contribution in [1.29, 1.82) is 0 Å². The number of aliphatic carboxylic acids is 1. The summed E-state index contributed by atoms with van der Waals surface area (Å²) in [7, 11) is -5.25. The third-order valence-corrected chi connectivity index (χ3v) is 32.8. The van der Waals surface area contributed by atoms with Gasteiger partial charge in [0.15, 0.2) is 24.1 Å². The van der Waals surface area contributed by atoms with Crippen LogP contribution in [0.5, 0.6) is 0 Å². The highest BCUT2D eigenvalue weighted by atomic mass is 35.5. The Balaban J connectivity index is 0.000000227. The Labute approximate surface area is 730 Å². The number of aliphatic hydroxyl groups excluding tert-OH is 2. The third kappa shape index (κ3) is 29.7. The highest BCUT2D eigenvalue weighted by Gasteiger charge is 2.55. The molecule has 16 atom stereocenters. The van der Waals surface area contributed by atoms with E-state index in [0.29, 0.717) is 95.5 Å². The van der Waals surface area contributed by atoms with E-state index in [9.17, 15) is 67.7 Å². The Hall–Kier alpha value is -9.30. The van der Waals surface area contributed by atoms with Crippen molar-refractivity contribution in [3.63, 3.8) is 0 Å². The largest absolute Gasteiger partial charge is 0.479 e. The number of carboxylic acids is 1. The molecule has 29 heteroatoms. The van der Waals surface area contributed by atoms with Crippen molar-refractivity contribution in [2.24, 2.45) is 17.8 Å². The fraction of sp³-hybridized carbons (Fsp3) is 0.553. The first-order chi connectivity index (χ1) is 58.3. The third-order valence-electron chi connectivity index (χ3n) is 22.4. The highest BCUT2D eigenvalue weighted by Crippen LogP contribution is 2.42. The van der Waals surface area contributed by atoms with Crippen LogP contribution in [-0.4, -0.2) is 182 Å². The van der Waals surface area contributed by atoms with Crippen LogP contribution in [0.2, 0.25) is 10.1 Å². The Kier molecular flexibility index (Phi) is 41.2. The summed E-state index contributed by atoms with van der Waals surface area (Å²) < 4.78 is 59.7. The van der Waals surface area contributed by atoms with E-state index in [4.69, 9.17) is 58.7 Å². The standard InChI is InChI=1S/C24H32O3Si.C23H30O3Si.C15H18O4.C8H14O3.C7H12O3.C7H10O3.C5H5ClO3.C5H6O4/c1-6-21(22-17-18(2)23(25)26-22)27-28(24(3,4)5,19-13-9-7-10-14-19)20-15-11-8-12-16-20;1-5-20(21-16-17-22(24)25-21)26-27(23(2,3)4,18-12-8-6-9-13-18)19-14-10-7-11-15-19;1-3-12(13-9-10(2)14(16)19-13)18-15(17)11-7-5-4-6-8-11;1-3-6(9)7-4-5(2)8(10)11-7;2*1-2-5(8)6-3-4-7(9)10-6;6-5(8)3-1-2-4(7)9-3;6-4-2-1-3(9-4)5(7)8/h7-16,18,21-22H,6,17H2,1-5H3;6-15,20-21H,5,16-17H2,1-4H3;4-8,10,12-13H,3,9H2,1-2H3;5-7,9H,3-4H2,1-2H3;5-6,8H,2-4H2,1H3;6H,2-4H2,1H3;3H,1-2H2;3H,1-2H2,(H,7,8)/t18-,21+,22+;20-,21-;10-,12+,13+;5-,6+,7+;5?,6-;6-;2*3-/m10110000/s1. The van der Waals surface area contributed by atoms with Crippen molar-refractivity contribution in [1.82, 2.24) is 0 Å². The molecule has 8 aliphatic rings. The zero-order valence-electron chi connectivity index (χ0n) is 73.7. The SMILES string of the molecule is CCC(=O)[C@@H]1CCC(=O)O1.CCC(O)[C@@H]1CCC(=O)O1.CC[C@H](O)[C@@H]1C[C@@H](C)C(=O)O1.CC[C@H](OC(=O)c1ccccc1)[C@@H]1C[C@@H](C)C(=O)O1.CC[C@H](O[Si](c1ccccc1)(c1ccccc1)C(C)(C)C)[C@@H]1CCC(=O)O1.CC[C@H](O[Si](c1ccccc1)(c1ccccc1)C(C)(C)C)[C@@H]1C[C@@H](C)C(=O)O1.O=C1CC[C@@H](C(=O)Cl)O1.O=C1CC[C@@H](C(=O)O)O1. The number of ether oxygens (including phenoxy) is 9. The number of ketones is 1. The van der Waals surface area contributed by atoms with Crippen LogP contribution in [0, 0.1) is 17.8 Å². The molecule has 8 heterocycles. The molecule has 26 nitrogen and oxygen atoms in total. The summed E-state index contributed by atoms with van der Waals surface area (Å²) in [6, 6.07) is 51.3. The highest BCUT2D eigenvalue weighted by molar-refractivity contribution is 7.00. The molecular weight excluding hydrogens is 1640 g/mol. The zero-order valence-corrected chi connectivity index (χ0v) is 76.5. The van der Waals surface area contributed by atoms with Crippen LogP contribution in [0.15, 0.2) is 152 Å². The van der Waals surface area contributed by atoms with Gasteiger partial charge < -0.3 is 66.8 Å². The second kappa shape index (κ2) is 49.4. The Morgan fingerprint density at radius 2 is 0.691 bits per heavy atom. The quantitative estimate of drug-likeness (QED) is 0.0223. The van der Waals surface area contributed by atoms with Gasteiger partial charge in [-0.25, -0.2) is 9.59 Å². The molecule has 123 heavy (non-hydrogen) atoms. The Bertz CT molecular complexity index is 4100. The molecule has 8 fully saturated rings. The topological polar surface area (TPSA) is 367 Å². The number of rotatable bonds is 24. The lowest BCUT2D eigenvalue weighted by molar-refractivity contribution is -0.156. The van der Waals surface area contributed by atoms with Gasteiger partial charge >= 0.3 is 59.7 Å². The molecule has 1 unspecified atom stereocenters. The summed E-state index contributed by atoms with van der Waals surface area (Å²) in [5.74, 6) is -3.38. The number of benzene rings is 5. The molecular formula is C94H127ClO26Si2. The Morgan fingerprint density at radius 3 is 0.959 bits per heavy atom. The van der Waals surface area contributed by atoms with Crippen molar-refractivity contribution in [3.05, 3.63) is 157 Å². The number of hydrogen-bond acceptors (Lipinski definition) is 25. The van der Waals surface area contributed by atoms with E-state index in [1.54, 1.807) is 31.2 Å². The van der Waals surface area contributed by atoms with Gasteiger partial charge in [0.05, 0.1) is 47.7 Å². The molecule has 5 aromatic rings. The first kappa shape index (κ1) is 102. The van der Waals surface area contributed by atoms with Crippen molar-refractivity contribution < 1.29 is 124 Å². The summed E-state index contributed by atoms with van der Waals surface area (Å²) in [4.78, 5) is 131. The number of carboxylic acid groups (broad SMARTS) is 1. The van der Waals surface area contributed by atoms with Crippen LogP contribution in [-0.2, 0) is 104 Å². The molecule has 13 rings (SSSR count). The van der Waals surface area contributed by atoms with Crippen LogP contribution in [0.3, 0.4) is 0 Å². The summed E-state index contributed by atoms with van der Waals surface area (Å²) in [6.07, 6.45) is 5.98. The zero-order chi connectivity index (χ0) is 90.9. The average Bonchev–Trinajstić information content (AvgIpc) is 1.18. The van der Waals surface area contributed by atoms with Gasteiger partial charge in [-0.15, -0.1) is 0 Å². The molecule has 674 valence electrons. The first-order valence-electron chi connectivity index (χ1n) is 43.0. The van der Waals surface area contributed by atoms with Gasteiger partial charge in [0, 0.05) is 64.2 Å². The maximum atomic E-state index is 12.0. The minimum absolute atomic E-state index is 0.0332. The minimum Gasteiger partial charge on any atom is -0.479 e. The minimum atomic E-state index is -2.64. The van der Waals surface area contributed by atoms with Crippen LogP contribution in [0.25, 0.3) is 0 Å². The smallest absolute Gasteiger partial charge is 0.345 e. The van der Waals surface area contributed by atoms with Gasteiger partial charge in [0.1, 0.15) is 36.6 Å². The van der Waals surface area contributed by atoms with Crippen molar-refractivity contribution >= 4 is 120 Å². The normalized spacial score (nSPS) is 23.8. The molecule has 0 aromatic heterocycles. The van der Waals surface area contributed by atoms with Crippen LogP contribution in [0.1, 0.15) is 236 Å². The van der Waals surface area contributed by atoms with E-state index >= 15 is 0 Å². The Morgan fingerprint density at radius 1 is 0.390 bits per heavy atom. The summed E-state index contributed by atoms with van der Waals surface area (Å²) in [6.45, 7) is 30.9. The van der Waals surface area contributed by atoms with Gasteiger partial charge in [0.2, 0.25) is 0 Å². The van der Waals surface area contributed by atoms with Crippen molar-refractivity contribution in [3.8, 4) is 0 Å². The molecule has 0 spiro atoms. The van der Waals surface area contributed by atoms with Crippen LogP contribution < -0.4 is 20.7 Å². The predicted molar refractivity (Wildman–Crippen MR) is 464 cm³/mol. The molecule has 0 bridgehead atoms. The maximum Gasteiger partial charge on any atom is 0.345 e. The van der Waals surface area contributed by atoms with Gasteiger partial charge in [-0.2, -0.15) is 0 Å². The van der Waals surface area contributed by atoms with Crippen molar-refractivity contribution in [2.45, 2.75) is 315 Å². The number of carbonyl (C=O) groups excluding carboxylic acids is 11. The van der Waals surface area contributed by atoms with Crippen molar-refractivity contribution in [2.75, 3.05) is 0 Å². The first-order valence-corrected chi connectivity index (χ1v) is 47.2. The maximum absolute atomic E-state index is 12.0. The lowest BCUT2D eigenvalue weighted by Crippen LogP contribution is -2.68. The fourth-order valence-corrected chi connectivity index (χ4v) is 25.1. The fourth-order valence-electron chi connectivity index (χ4n) is 15.4. The predicted octanol–water partition coefficient (Wildman–Crippen LogP) is 13.0. The summed E-state index contributed by atoms with van der Waals surface area (Å²) >= 11 is 5.03. The number of cyclic esters (lactones) is 8. The van der Waals surface area contributed by atoms with E-state index in [1.807, 2.05) is 71.9 Å². The second-order valence-corrected chi connectivity index (χ2v) is 42.5. The lowest BCUT2D eigenvalue weighted by atomic mass is 10.0. The molecule has 8 aliphatic heterocycles. The van der Waals surface area contributed by atoms with E-state index < -0.39 is 64.3 Å². The van der Waals surface area contributed by atoms with E-state index in [0.717, 1.165) is 25.7 Å². The molecule has 3 N–H and O–H groups in total. The number of aliphatic hydroxyl groups is 2. The molecule has 0 aliphatic carbocycles. The number of carbonyl (C=O) groups is 12. The average molecular weight is 1760 g/mol. The van der Waals surface area contributed by atoms with E-state index in [2.05, 4.69) is 162 Å². The molecule has 5 aromatic carbocycles. The van der Waals surface area contributed by atoms with Gasteiger partial charge in [-0.3, -0.25) is 47.9 Å².